The zero-order chi connectivity index (χ0) is 43.2. The van der Waals surface area contributed by atoms with E-state index in [9.17, 15) is 0 Å². The van der Waals surface area contributed by atoms with Crippen molar-refractivity contribution in [1.29, 1.82) is 0 Å². The third-order valence-electron chi connectivity index (χ3n) is 13.5. The molecule has 0 fully saturated rings. The molecule has 2 aliphatic heterocycles. The maximum Gasteiger partial charge on any atom is 0.236 e. The van der Waals surface area contributed by atoms with E-state index in [0.29, 0.717) is 23.7 Å². The number of fused-ring (bicyclic) bond motifs is 1. The highest BCUT2D eigenvalue weighted by atomic mass is 31.2. The van der Waals surface area contributed by atoms with E-state index >= 15 is 0 Å². The van der Waals surface area contributed by atoms with Crippen LogP contribution in [0, 0.1) is 0 Å². The Hall–Kier alpha value is -5.26. The predicted octanol–water partition coefficient (Wildman–Crippen LogP) is 12.9. The molecule has 0 saturated carbocycles. The van der Waals surface area contributed by atoms with E-state index in [1.165, 1.54) is 65.5 Å². The number of benzene rings is 7. The number of para-hydroxylation sites is 2. The summed E-state index contributed by atoms with van der Waals surface area (Å²) in [6.45, 7) is 19.0. The Morgan fingerprint density at radius 2 is 0.581 bits per heavy atom. The number of hydrogen-bond acceptors (Lipinski definition) is 2. The molecule has 0 saturated heterocycles. The fourth-order valence-corrected chi connectivity index (χ4v) is 25.2. The van der Waals surface area contributed by atoms with Crippen molar-refractivity contribution in [2.45, 2.75) is 90.6 Å². The second-order valence-electron chi connectivity index (χ2n) is 18.4. The molecule has 0 unspecified atom stereocenters. The molecule has 0 bridgehead atoms. The fourth-order valence-electron chi connectivity index (χ4n) is 10.9. The lowest BCUT2D eigenvalue weighted by molar-refractivity contribution is 0.698. The monoisotopic (exact) mass is 848 g/mol. The van der Waals surface area contributed by atoms with E-state index in [-0.39, 0.29) is 11.6 Å². The molecule has 0 aliphatic carbocycles. The van der Waals surface area contributed by atoms with Gasteiger partial charge in [0.25, 0.3) is 0 Å². The summed E-state index contributed by atoms with van der Waals surface area (Å²) in [6, 6.07) is 70.9. The summed E-state index contributed by atoms with van der Waals surface area (Å²) in [7, 11) is -5.20. The van der Waals surface area contributed by atoms with Crippen LogP contribution in [0.4, 0.5) is 11.4 Å². The van der Waals surface area contributed by atoms with E-state index < -0.39 is 14.5 Å². The number of anilines is 2. The van der Waals surface area contributed by atoms with Gasteiger partial charge in [0.05, 0.1) is 0 Å². The molecule has 0 spiro atoms. The lowest BCUT2D eigenvalue weighted by atomic mass is 9.91. The van der Waals surface area contributed by atoms with E-state index in [0.717, 1.165) is 0 Å². The Balaban J connectivity index is 1.54. The Morgan fingerprint density at radius 3 is 0.839 bits per heavy atom. The predicted molar refractivity (Wildman–Crippen MR) is 275 cm³/mol. The van der Waals surface area contributed by atoms with Crippen molar-refractivity contribution >= 4 is 57.7 Å². The molecule has 2 heterocycles. The van der Waals surface area contributed by atoms with Crippen molar-refractivity contribution in [2.24, 2.45) is 0 Å². The SMILES string of the molecule is CC(C)c1cccc(C(C)C)c1N1C=CN(c2c(C(C)C)cccc2C(C)C)C1C1[P+](c2ccccc2)(c2ccccc2)c2ccccc2[P+]1(c1ccccc1)c1ccccc1. The van der Waals surface area contributed by atoms with Crippen LogP contribution in [-0.2, 0) is 0 Å². The van der Waals surface area contributed by atoms with Crippen molar-refractivity contribution in [2.75, 3.05) is 9.80 Å². The molecule has 0 atom stereocenters. The van der Waals surface area contributed by atoms with Crippen LogP contribution >= 0.6 is 14.5 Å². The summed E-state index contributed by atoms with van der Waals surface area (Å²) < 4.78 is 0. The number of hydrogen-bond donors (Lipinski definition) is 0. The van der Waals surface area contributed by atoms with Crippen molar-refractivity contribution in [3.05, 3.63) is 217 Å². The highest BCUT2D eigenvalue weighted by molar-refractivity contribution is 8.15. The molecule has 4 heteroatoms. The molecule has 9 rings (SSSR count). The first kappa shape index (κ1) is 42.1. The summed E-state index contributed by atoms with van der Waals surface area (Å²) in [4.78, 5) is 5.59. The van der Waals surface area contributed by atoms with Crippen LogP contribution < -0.4 is 41.6 Å². The van der Waals surface area contributed by atoms with Gasteiger partial charge in [0.15, 0.2) is 31.3 Å². The largest absolute Gasteiger partial charge is 0.318 e. The smallest absolute Gasteiger partial charge is 0.236 e. The van der Waals surface area contributed by atoms with Gasteiger partial charge in [0, 0.05) is 23.8 Å². The molecule has 312 valence electrons. The van der Waals surface area contributed by atoms with Gasteiger partial charge in [-0.3, -0.25) is 0 Å². The van der Waals surface area contributed by atoms with Crippen LogP contribution in [0.15, 0.2) is 194 Å². The van der Waals surface area contributed by atoms with E-state index in [4.69, 9.17) is 0 Å². The molecule has 2 aliphatic rings. The maximum absolute atomic E-state index is 2.80. The summed E-state index contributed by atoms with van der Waals surface area (Å²) in [5, 5.41) is 8.85. The standard InChI is InChI=1S/C58H62N2P2/c1-41(2)49-33-23-34-50(42(3)4)55(49)59-39-40-60(56-51(43(5)6)35-24-36-52(56)44(7)8)57(59)58-61(45-25-13-9-14-26-45,46-27-15-10-16-28-46)53-37-21-22-38-54(53)62(58,47-29-17-11-18-30-47)48-31-19-12-20-32-48/h9-44,57-58H,1-8H3/q+2. The summed E-state index contributed by atoms with van der Waals surface area (Å²) in [5.74, 6) is 1.31. The van der Waals surface area contributed by atoms with Gasteiger partial charge in [-0.2, -0.15) is 0 Å². The topological polar surface area (TPSA) is 6.48 Å². The molecule has 2 nitrogen and oxygen atoms in total. The first-order valence-corrected chi connectivity index (χ1v) is 26.5. The third-order valence-corrected chi connectivity index (χ3v) is 24.6. The molecule has 0 aromatic heterocycles. The molecule has 7 aromatic rings. The Morgan fingerprint density at radius 1 is 0.323 bits per heavy atom. The van der Waals surface area contributed by atoms with E-state index in [1.54, 1.807) is 0 Å². The molecule has 7 aromatic carbocycles. The first-order valence-electron chi connectivity index (χ1n) is 22.7. The zero-order valence-electron chi connectivity index (χ0n) is 37.7. The number of nitrogens with zero attached hydrogens (tertiary/aromatic N) is 2. The van der Waals surface area contributed by atoms with Gasteiger partial charge in [0.2, 0.25) is 5.40 Å². The van der Waals surface area contributed by atoms with Crippen LogP contribution in [0.1, 0.15) is 101 Å². The summed E-state index contributed by atoms with van der Waals surface area (Å²) >= 11 is 0. The second kappa shape index (κ2) is 17.1. The van der Waals surface area contributed by atoms with Gasteiger partial charge in [-0.05, 0) is 107 Å². The van der Waals surface area contributed by atoms with Gasteiger partial charge < -0.3 is 9.80 Å². The zero-order valence-corrected chi connectivity index (χ0v) is 39.5. The first-order chi connectivity index (χ1) is 30.1. The number of rotatable bonds is 11. The average Bonchev–Trinajstić information content (AvgIpc) is 3.85. The van der Waals surface area contributed by atoms with Crippen molar-refractivity contribution in [3.8, 4) is 0 Å². The maximum atomic E-state index is 2.80. The van der Waals surface area contributed by atoms with E-state index in [1.807, 2.05) is 0 Å². The molecular weight excluding hydrogens is 787 g/mol. The minimum absolute atomic E-state index is 0.0810. The fraction of sp³-hybridized carbons (Fsp3) is 0.241. The van der Waals surface area contributed by atoms with Crippen molar-refractivity contribution < 1.29 is 0 Å². The highest BCUT2D eigenvalue weighted by Gasteiger charge is 2.80. The molecular formula is C58H62N2P2+2. The minimum atomic E-state index is -2.60. The van der Waals surface area contributed by atoms with Gasteiger partial charge in [-0.15, -0.1) is 0 Å². The third kappa shape index (κ3) is 6.60. The van der Waals surface area contributed by atoms with Crippen LogP contribution in [0.5, 0.6) is 0 Å². The van der Waals surface area contributed by atoms with Gasteiger partial charge >= 0.3 is 0 Å². The lowest BCUT2D eigenvalue weighted by Crippen LogP contribution is -2.55. The summed E-state index contributed by atoms with van der Waals surface area (Å²) in [5.41, 5.74) is 8.33. The molecule has 0 N–H and O–H groups in total. The average molecular weight is 849 g/mol. The summed E-state index contributed by atoms with van der Waals surface area (Å²) in [6.07, 6.45) is 4.86. The molecule has 62 heavy (non-hydrogen) atoms. The van der Waals surface area contributed by atoms with Crippen molar-refractivity contribution in [3.63, 3.8) is 0 Å². The second-order valence-corrected chi connectivity index (χ2v) is 25.8. The van der Waals surface area contributed by atoms with Crippen LogP contribution in [0.25, 0.3) is 0 Å². The van der Waals surface area contributed by atoms with Gasteiger partial charge in [-0.25, -0.2) is 0 Å². The van der Waals surface area contributed by atoms with Crippen LogP contribution in [0.2, 0.25) is 0 Å². The van der Waals surface area contributed by atoms with Crippen LogP contribution in [-0.4, -0.2) is 11.6 Å². The van der Waals surface area contributed by atoms with Crippen molar-refractivity contribution in [1.82, 2.24) is 0 Å². The van der Waals surface area contributed by atoms with Crippen LogP contribution in [0.3, 0.4) is 0 Å². The van der Waals surface area contributed by atoms with Gasteiger partial charge in [-0.1, -0.05) is 177 Å². The minimum Gasteiger partial charge on any atom is -0.318 e. The van der Waals surface area contributed by atoms with E-state index in [2.05, 4.69) is 260 Å². The quantitative estimate of drug-likeness (QED) is 0.120. The lowest BCUT2D eigenvalue weighted by Gasteiger charge is -2.45. The molecule has 0 amide bonds. The Labute approximate surface area is 373 Å². The highest BCUT2D eigenvalue weighted by Crippen LogP contribution is 2.83. The Kier molecular flexibility index (Phi) is 11.6. The Bertz CT molecular complexity index is 2360. The molecule has 0 radical (unpaired) electrons. The van der Waals surface area contributed by atoms with Gasteiger partial charge in [0.1, 0.15) is 21.2 Å². The normalized spacial score (nSPS) is 16.0.